The molecule has 110 valence electrons. The van der Waals surface area contributed by atoms with E-state index in [0.29, 0.717) is 25.3 Å². The van der Waals surface area contributed by atoms with Gasteiger partial charge < -0.3 is 10.1 Å². The lowest BCUT2D eigenvalue weighted by atomic mass is 9.99. The van der Waals surface area contributed by atoms with E-state index in [4.69, 9.17) is 4.74 Å². The summed E-state index contributed by atoms with van der Waals surface area (Å²) >= 11 is 0. The van der Waals surface area contributed by atoms with Gasteiger partial charge in [0.05, 0.1) is 0 Å². The minimum atomic E-state index is -0.0362. The van der Waals surface area contributed by atoms with Gasteiger partial charge in [0, 0.05) is 25.3 Å². The molecule has 0 saturated carbocycles. The van der Waals surface area contributed by atoms with Crippen molar-refractivity contribution in [1.29, 1.82) is 0 Å². The molecule has 0 aliphatic rings. The fourth-order valence-corrected chi connectivity index (χ4v) is 2.17. The molecule has 0 unspecified atom stereocenters. The van der Waals surface area contributed by atoms with E-state index >= 15 is 0 Å². The number of rotatable bonds is 7. The fraction of sp³-hybridized carbons (Fsp3) is 0.278. The van der Waals surface area contributed by atoms with Gasteiger partial charge in [0.25, 0.3) is 5.91 Å². The first kappa shape index (κ1) is 15.3. The summed E-state index contributed by atoms with van der Waals surface area (Å²) in [6.45, 7) is 3.98. The van der Waals surface area contributed by atoms with Crippen molar-refractivity contribution in [2.24, 2.45) is 0 Å². The molecule has 1 N–H and O–H groups in total. The van der Waals surface area contributed by atoms with Crippen LogP contribution in [0.4, 0.5) is 0 Å². The van der Waals surface area contributed by atoms with E-state index in [2.05, 4.69) is 5.32 Å². The molecule has 3 heteroatoms. The Morgan fingerprint density at radius 2 is 1.76 bits per heavy atom. The largest absolute Gasteiger partial charge is 0.382 e. The molecule has 0 atom stereocenters. The predicted octanol–water partition coefficient (Wildman–Crippen LogP) is 3.51. The summed E-state index contributed by atoms with van der Waals surface area (Å²) in [5.74, 6) is -0.0362. The highest BCUT2D eigenvalue weighted by Gasteiger charge is 2.11. The van der Waals surface area contributed by atoms with Crippen molar-refractivity contribution >= 4 is 5.91 Å². The van der Waals surface area contributed by atoms with Crippen LogP contribution in [0.1, 0.15) is 23.7 Å². The van der Waals surface area contributed by atoms with Gasteiger partial charge in [-0.3, -0.25) is 4.79 Å². The van der Waals surface area contributed by atoms with Gasteiger partial charge in [-0.1, -0.05) is 48.5 Å². The average Bonchev–Trinajstić information content (AvgIpc) is 2.55. The van der Waals surface area contributed by atoms with Crippen LogP contribution in [-0.2, 0) is 4.74 Å². The van der Waals surface area contributed by atoms with Crippen molar-refractivity contribution in [3.05, 3.63) is 60.2 Å². The third kappa shape index (κ3) is 4.43. The molecule has 2 rings (SSSR count). The van der Waals surface area contributed by atoms with Gasteiger partial charge in [-0.25, -0.2) is 0 Å². The number of carbonyl (C=O) groups excluding carboxylic acids is 1. The Hall–Kier alpha value is -2.13. The Balaban J connectivity index is 2.04. The van der Waals surface area contributed by atoms with Crippen molar-refractivity contribution in [2.45, 2.75) is 13.3 Å². The predicted molar refractivity (Wildman–Crippen MR) is 85.3 cm³/mol. The second-order valence-corrected chi connectivity index (χ2v) is 4.72. The van der Waals surface area contributed by atoms with Crippen LogP contribution in [0.3, 0.4) is 0 Å². The van der Waals surface area contributed by atoms with Gasteiger partial charge in [-0.2, -0.15) is 0 Å². The molecule has 1 amide bonds. The maximum atomic E-state index is 12.3. The molecular weight excluding hydrogens is 262 g/mol. The second kappa shape index (κ2) is 8.22. The first-order valence-electron chi connectivity index (χ1n) is 7.33. The standard InChI is InChI=1S/C18H21NO2/c1-2-21-14-8-13-19-18(20)17-12-7-6-11-16(17)15-9-4-3-5-10-15/h3-7,9-12H,2,8,13-14H2,1H3,(H,19,20). The highest BCUT2D eigenvalue weighted by molar-refractivity contribution is 6.00. The van der Waals surface area contributed by atoms with Gasteiger partial charge >= 0.3 is 0 Å². The Bertz CT molecular complexity index is 566. The van der Waals surface area contributed by atoms with Crippen LogP contribution < -0.4 is 5.32 Å². The molecule has 0 heterocycles. The van der Waals surface area contributed by atoms with Crippen molar-refractivity contribution in [2.75, 3.05) is 19.8 Å². The fourth-order valence-electron chi connectivity index (χ4n) is 2.17. The number of benzene rings is 2. The van der Waals surface area contributed by atoms with Crippen molar-refractivity contribution in [1.82, 2.24) is 5.32 Å². The summed E-state index contributed by atoms with van der Waals surface area (Å²) in [6, 6.07) is 17.6. The molecule has 2 aromatic carbocycles. The summed E-state index contributed by atoms with van der Waals surface area (Å²) < 4.78 is 5.26. The van der Waals surface area contributed by atoms with E-state index in [1.165, 1.54) is 0 Å². The molecule has 0 bridgehead atoms. The molecule has 3 nitrogen and oxygen atoms in total. The zero-order chi connectivity index (χ0) is 14.9. The zero-order valence-corrected chi connectivity index (χ0v) is 12.3. The third-order valence-corrected chi connectivity index (χ3v) is 3.21. The Labute approximate surface area is 126 Å². The topological polar surface area (TPSA) is 38.3 Å². The van der Waals surface area contributed by atoms with Gasteiger partial charge in [0.2, 0.25) is 0 Å². The molecule has 0 aliphatic heterocycles. The van der Waals surface area contributed by atoms with Crippen molar-refractivity contribution in [3.63, 3.8) is 0 Å². The first-order valence-corrected chi connectivity index (χ1v) is 7.33. The molecule has 0 aliphatic carbocycles. The van der Waals surface area contributed by atoms with Gasteiger partial charge in [-0.05, 0) is 30.5 Å². The SMILES string of the molecule is CCOCCCNC(=O)c1ccccc1-c1ccccc1. The summed E-state index contributed by atoms with van der Waals surface area (Å²) in [4.78, 5) is 12.3. The third-order valence-electron chi connectivity index (χ3n) is 3.21. The number of hydrogen-bond donors (Lipinski definition) is 1. The Kier molecular flexibility index (Phi) is 5.98. The van der Waals surface area contributed by atoms with Gasteiger partial charge in [0.15, 0.2) is 0 Å². The van der Waals surface area contributed by atoms with Crippen molar-refractivity contribution in [3.8, 4) is 11.1 Å². The summed E-state index contributed by atoms with van der Waals surface area (Å²) in [6.07, 6.45) is 0.826. The highest BCUT2D eigenvalue weighted by atomic mass is 16.5. The number of hydrogen-bond acceptors (Lipinski definition) is 2. The van der Waals surface area contributed by atoms with Gasteiger partial charge in [-0.15, -0.1) is 0 Å². The number of amides is 1. The molecule has 0 spiro atoms. The normalized spacial score (nSPS) is 10.3. The van der Waals surface area contributed by atoms with Crippen molar-refractivity contribution < 1.29 is 9.53 Å². The van der Waals surface area contributed by atoms with E-state index < -0.39 is 0 Å². The van der Waals surface area contributed by atoms with Crippen LogP contribution in [0.2, 0.25) is 0 Å². The molecule has 0 saturated heterocycles. The first-order chi connectivity index (χ1) is 10.3. The molecule has 0 aromatic heterocycles. The van der Waals surface area contributed by atoms with Crippen LogP contribution in [0.5, 0.6) is 0 Å². The second-order valence-electron chi connectivity index (χ2n) is 4.72. The molecule has 0 fully saturated rings. The minimum absolute atomic E-state index is 0.0362. The van der Waals surface area contributed by atoms with Gasteiger partial charge in [0.1, 0.15) is 0 Å². The van der Waals surface area contributed by atoms with Crippen LogP contribution in [0.15, 0.2) is 54.6 Å². The monoisotopic (exact) mass is 283 g/mol. The smallest absolute Gasteiger partial charge is 0.251 e. The van der Waals surface area contributed by atoms with Crippen LogP contribution in [0.25, 0.3) is 11.1 Å². The number of carbonyl (C=O) groups is 1. The van der Waals surface area contributed by atoms with E-state index in [1.807, 2.05) is 61.5 Å². The molecule has 2 aromatic rings. The van der Waals surface area contributed by atoms with E-state index in [-0.39, 0.29) is 5.91 Å². The zero-order valence-electron chi connectivity index (χ0n) is 12.3. The Morgan fingerprint density at radius 1 is 1.05 bits per heavy atom. The number of ether oxygens (including phenoxy) is 1. The Morgan fingerprint density at radius 3 is 2.52 bits per heavy atom. The molecule has 0 radical (unpaired) electrons. The lowest BCUT2D eigenvalue weighted by Crippen LogP contribution is -2.25. The van der Waals surface area contributed by atoms with E-state index in [0.717, 1.165) is 17.5 Å². The summed E-state index contributed by atoms with van der Waals surface area (Å²) in [5, 5.41) is 2.95. The van der Waals surface area contributed by atoms with E-state index in [1.54, 1.807) is 0 Å². The highest BCUT2D eigenvalue weighted by Crippen LogP contribution is 2.23. The summed E-state index contributed by atoms with van der Waals surface area (Å²) in [5.41, 5.74) is 2.72. The quantitative estimate of drug-likeness (QED) is 0.790. The number of nitrogens with one attached hydrogen (secondary N) is 1. The van der Waals surface area contributed by atoms with Crippen LogP contribution in [-0.4, -0.2) is 25.7 Å². The minimum Gasteiger partial charge on any atom is -0.382 e. The average molecular weight is 283 g/mol. The van der Waals surface area contributed by atoms with Crippen LogP contribution in [0, 0.1) is 0 Å². The van der Waals surface area contributed by atoms with Crippen LogP contribution >= 0.6 is 0 Å². The molecular formula is C18H21NO2. The lowest BCUT2D eigenvalue weighted by Gasteiger charge is -2.10. The maximum Gasteiger partial charge on any atom is 0.251 e. The lowest BCUT2D eigenvalue weighted by molar-refractivity contribution is 0.0945. The van der Waals surface area contributed by atoms with E-state index in [9.17, 15) is 4.79 Å². The maximum absolute atomic E-state index is 12.3. The molecule has 21 heavy (non-hydrogen) atoms. The summed E-state index contributed by atoms with van der Waals surface area (Å²) in [7, 11) is 0.